The monoisotopic (exact) mass is 286 g/mol. The van der Waals surface area contributed by atoms with Crippen LogP contribution in [-0.4, -0.2) is 22.4 Å². The smallest absolute Gasteiger partial charge is 0.319 e. The number of urea groups is 1. The van der Waals surface area contributed by atoms with Crippen molar-refractivity contribution in [2.24, 2.45) is 7.05 Å². The number of carbonyl (C=O) groups is 1. The molecule has 0 radical (unpaired) electrons. The van der Waals surface area contributed by atoms with Crippen LogP contribution in [0, 0.1) is 0 Å². The van der Waals surface area contributed by atoms with E-state index in [-0.39, 0.29) is 6.03 Å². The highest BCUT2D eigenvalue weighted by Gasteiger charge is 2.11. The number of carbonyl (C=O) groups excluding carboxylic acids is 1. The predicted molar refractivity (Wildman–Crippen MR) is 79.3 cm³/mol. The van der Waals surface area contributed by atoms with Gasteiger partial charge >= 0.3 is 6.03 Å². The number of hydrogen-bond acceptors (Lipinski definition) is 3. The highest BCUT2D eigenvalue weighted by molar-refractivity contribution is 5.88. The first kappa shape index (κ1) is 13.5. The minimum absolute atomic E-state index is 0.239. The van der Waals surface area contributed by atoms with E-state index in [4.69, 9.17) is 4.74 Å². The van der Waals surface area contributed by atoms with Gasteiger partial charge in [0.25, 0.3) is 0 Å². The van der Waals surface area contributed by atoms with E-state index in [1.54, 1.807) is 24.1 Å². The van der Waals surface area contributed by atoms with Crippen LogP contribution in [0.25, 0.3) is 0 Å². The van der Waals surface area contributed by atoms with Crippen molar-refractivity contribution < 1.29 is 9.53 Å². The number of anilines is 1. The van der Waals surface area contributed by atoms with Crippen molar-refractivity contribution in [2.45, 2.75) is 19.4 Å². The summed E-state index contributed by atoms with van der Waals surface area (Å²) in [5.41, 5.74) is 2.96. The van der Waals surface area contributed by atoms with Gasteiger partial charge in [0.15, 0.2) is 0 Å². The van der Waals surface area contributed by atoms with Crippen LogP contribution in [0.3, 0.4) is 0 Å². The van der Waals surface area contributed by atoms with Gasteiger partial charge in [-0.15, -0.1) is 0 Å². The molecule has 0 saturated carbocycles. The zero-order valence-electron chi connectivity index (χ0n) is 11.9. The van der Waals surface area contributed by atoms with E-state index >= 15 is 0 Å². The molecule has 0 spiro atoms. The van der Waals surface area contributed by atoms with Crippen LogP contribution in [0.4, 0.5) is 10.5 Å². The number of rotatable bonds is 3. The van der Waals surface area contributed by atoms with E-state index in [0.717, 1.165) is 30.8 Å². The molecular formula is C15H18N4O2. The topological polar surface area (TPSA) is 68.2 Å². The fourth-order valence-corrected chi connectivity index (χ4v) is 2.37. The average molecular weight is 286 g/mol. The maximum Gasteiger partial charge on any atom is 0.319 e. The van der Waals surface area contributed by atoms with Crippen molar-refractivity contribution >= 4 is 11.7 Å². The number of ether oxygens (including phenoxy) is 1. The van der Waals surface area contributed by atoms with Gasteiger partial charge in [0.1, 0.15) is 5.75 Å². The minimum atomic E-state index is -0.239. The lowest BCUT2D eigenvalue weighted by molar-refractivity contribution is 0.251. The second-order valence-corrected chi connectivity index (χ2v) is 5.10. The standard InChI is InChI=1S/C15H18N4O2/c1-19-10-13(9-17-19)18-15(20)16-8-11-4-5-14-12(7-11)3-2-6-21-14/h4-5,7,9-10H,2-3,6,8H2,1H3,(H2,16,18,20). The molecule has 0 aliphatic carbocycles. The second-order valence-electron chi connectivity index (χ2n) is 5.10. The third kappa shape index (κ3) is 3.34. The molecule has 6 nitrogen and oxygen atoms in total. The van der Waals surface area contributed by atoms with Gasteiger partial charge in [-0.3, -0.25) is 4.68 Å². The molecular weight excluding hydrogens is 268 g/mol. The lowest BCUT2D eigenvalue weighted by Crippen LogP contribution is -2.28. The Morgan fingerprint density at radius 1 is 1.48 bits per heavy atom. The lowest BCUT2D eigenvalue weighted by Gasteiger charge is -2.18. The van der Waals surface area contributed by atoms with Gasteiger partial charge in [0.2, 0.25) is 0 Å². The summed E-state index contributed by atoms with van der Waals surface area (Å²) in [5.74, 6) is 0.963. The van der Waals surface area contributed by atoms with E-state index in [1.165, 1.54) is 5.56 Å². The van der Waals surface area contributed by atoms with Crippen LogP contribution in [0.2, 0.25) is 0 Å². The zero-order valence-corrected chi connectivity index (χ0v) is 11.9. The molecule has 2 aromatic rings. The quantitative estimate of drug-likeness (QED) is 0.907. The first-order chi connectivity index (χ1) is 10.2. The summed E-state index contributed by atoms with van der Waals surface area (Å²) >= 11 is 0. The Balaban J connectivity index is 1.56. The average Bonchev–Trinajstić information content (AvgIpc) is 2.90. The summed E-state index contributed by atoms with van der Waals surface area (Å²) in [5, 5.41) is 9.57. The largest absolute Gasteiger partial charge is 0.493 e. The van der Waals surface area contributed by atoms with Gasteiger partial charge in [-0.1, -0.05) is 12.1 Å². The molecule has 0 saturated heterocycles. The first-order valence-electron chi connectivity index (χ1n) is 6.99. The van der Waals surface area contributed by atoms with Gasteiger partial charge < -0.3 is 15.4 Å². The molecule has 0 bridgehead atoms. The second kappa shape index (κ2) is 5.87. The molecule has 1 aliphatic heterocycles. The van der Waals surface area contributed by atoms with Crippen LogP contribution in [0.1, 0.15) is 17.5 Å². The number of fused-ring (bicyclic) bond motifs is 1. The van der Waals surface area contributed by atoms with E-state index < -0.39 is 0 Å². The summed E-state index contributed by atoms with van der Waals surface area (Å²) in [6, 6.07) is 5.81. The molecule has 2 N–H and O–H groups in total. The summed E-state index contributed by atoms with van der Waals surface area (Å²) in [4.78, 5) is 11.8. The fraction of sp³-hybridized carbons (Fsp3) is 0.333. The molecule has 1 aromatic heterocycles. The van der Waals surface area contributed by atoms with Crippen LogP contribution in [0.5, 0.6) is 5.75 Å². The van der Waals surface area contributed by atoms with Crippen molar-refractivity contribution in [3.8, 4) is 5.75 Å². The maximum atomic E-state index is 11.8. The van der Waals surface area contributed by atoms with Crippen LogP contribution in [0.15, 0.2) is 30.6 Å². The van der Waals surface area contributed by atoms with E-state index in [0.29, 0.717) is 12.2 Å². The number of hydrogen-bond donors (Lipinski definition) is 2. The summed E-state index contributed by atoms with van der Waals surface area (Å²) in [6.45, 7) is 1.28. The van der Waals surface area contributed by atoms with Crippen LogP contribution in [-0.2, 0) is 20.0 Å². The predicted octanol–water partition coefficient (Wildman–Crippen LogP) is 2.07. The number of aryl methyl sites for hydroxylation is 2. The Morgan fingerprint density at radius 2 is 2.38 bits per heavy atom. The Morgan fingerprint density at radius 3 is 3.19 bits per heavy atom. The van der Waals surface area contributed by atoms with Gasteiger partial charge in [0.05, 0.1) is 18.5 Å². The molecule has 6 heteroatoms. The van der Waals surface area contributed by atoms with Crippen molar-refractivity contribution in [1.82, 2.24) is 15.1 Å². The zero-order chi connectivity index (χ0) is 14.7. The molecule has 1 aromatic carbocycles. The summed E-state index contributed by atoms with van der Waals surface area (Å²) in [6.07, 6.45) is 5.43. The van der Waals surface area contributed by atoms with Crippen molar-refractivity contribution in [1.29, 1.82) is 0 Å². The molecule has 2 amide bonds. The molecule has 2 heterocycles. The maximum absolute atomic E-state index is 11.8. The van der Waals surface area contributed by atoms with Gasteiger partial charge in [-0.2, -0.15) is 5.10 Å². The van der Waals surface area contributed by atoms with Crippen molar-refractivity contribution in [2.75, 3.05) is 11.9 Å². The molecule has 3 rings (SSSR count). The highest BCUT2D eigenvalue weighted by atomic mass is 16.5. The van der Waals surface area contributed by atoms with E-state index in [2.05, 4.69) is 21.8 Å². The van der Waals surface area contributed by atoms with Crippen molar-refractivity contribution in [3.63, 3.8) is 0 Å². The molecule has 110 valence electrons. The number of nitrogens with zero attached hydrogens (tertiary/aromatic N) is 2. The SMILES string of the molecule is Cn1cc(NC(=O)NCc2ccc3c(c2)CCCO3)cn1. The number of amides is 2. The number of benzene rings is 1. The third-order valence-electron chi connectivity index (χ3n) is 3.39. The third-order valence-corrected chi connectivity index (χ3v) is 3.39. The first-order valence-corrected chi connectivity index (χ1v) is 6.99. The Hall–Kier alpha value is -2.50. The lowest BCUT2D eigenvalue weighted by atomic mass is 10.0. The minimum Gasteiger partial charge on any atom is -0.493 e. The molecule has 21 heavy (non-hydrogen) atoms. The summed E-state index contributed by atoms with van der Waals surface area (Å²) in [7, 11) is 1.80. The number of nitrogens with one attached hydrogen (secondary N) is 2. The van der Waals surface area contributed by atoms with E-state index in [9.17, 15) is 4.79 Å². The molecule has 0 fully saturated rings. The number of aromatic nitrogens is 2. The molecule has 0 unspecified atom stereocenters. The van der Waals surface area contributed by atoms with E-state index in [1.807, 2.05) is 12.1 Å². The Kier molecular flexibility index (Phi) is 3.77. The Labute approximate surface area is 123 Å². The van der Waals surface area contributed by atoms with Gasteiger partial charge in [-0.05, 0) is 30.0 Å². The fourth-order valence-electron chi connectivity index (χ4n) is 2.37. The highest BCUT2D eigenvalue weighted by Crippen LogP contribution is 2.25. The normalized spacial score (nSPS) is 13.2. The van der Waals surface area contributed by atoms with Crippen LogP contribution >= 0.6 is 0 Å². The van der Waals surface area contributed by atoms with Crippen LogP contribution < -0.4 is 15.4 Å². The Bertz CT molecular complexity index is 651. The van der Waals surface area contributed by atoms with Gasteiger partial charge in [-0.25, -0.2) is 4.79 Å². The summed E-state index contributed by atoms with van der Waals surface area (Å²) < 4.78 is 7.21. The molecule has 1 aliphatic rings. The van der Waals surface area contributed by atoms with Gasteiger partial charge in [0, 0.05) is 19.8 Å². The molecule has 0 atom stereocenters. The van der Waals surface area contributed by atoms with Crippen molar-refractivity contribution in [3.05, 3.63) is 41.7 Å².